The van der Waals surface area contributed by atoms with Crippen LogP contribution in [0.15, 0.2) is 64.8 Å². The molecule has 0 radical (unpaired) electrons. The highest BCUT2D eigenvalue weighted by Crippen LogP contribution is 2.15. The van der Waals surface area contributed by atoms with E-state index in [1.807, 2.05) is 19.1 Å². The van der Waals surface area contributed by atoms with E-state index in [9.17, 15) is 9.90 Å². The summed E-state index contributed by atoms with van der Waals surface area (Å²) in [6.45, 7) is 12.8. The first-order chi connectivity index (χ1) is 16.2. The molecule has 1 aromatic rings. The van der Waals surface area contributed by atoms with Crippen molar-refractivity contribution < 1.29 is 9.90 Å². The summed E-state index contributed by atoms with van der Waals surface area (Å²) in [4.78, 5) is 15.9. The van der Waals surface area contributed by atoms with Crippen LogP contribution in [0.3, 0.4) is 0 Å². The Morgan fingerprint density at radius 3 is 2.03 bits per heavy atom. The van der Waals surface area contributed by atoms with E-state index >= 15 is 0 Å². The van der Waals surface area contributed by atoms with Crippen molar-refractivity contribution in [2.75, 3.05) is 16.8 Å². The average molecular weight is 485 g/mol. The number of carboxylic acid groups (broad SMARTS) is 1. The van der Waals surface area contributed by atoms with Crippen LogP contribution in [0.1, 0.15) is 78.8 Å². The Morgan fingerprint density at radius 1 is 0.941 bits per heavy atom. The van der Waals surface area contributed by atoms with Crippen LogP contribution < -0.4 is 5.32 Å². The molecule has 0 bridgehead atoms. The van der Waals surface area contributed by atoms with Crippen molar-refractivity contribution in [3.8, 4) is 0 Å². The monoisotopic (exact) mass is 484 g/mol. The second kappa shape index (κ2) is 17.2. The standard InChI is InChI=1S/C29H44N2O2S/c1-22(2)11-7-12-23(3)13-8-14-24(4)15-9-16-25(5)19-20-34-21-27(29(32)33)31-28-18-10-17-26(6)30-28/h10-11,13,15,17-19,27H,7-9,12,14,16,20-21H2,1-6H3,(H,30,31)(H,32,33)/b23-13+,24-15+,25-19+. The summed E-state index contributed by atoms with van der Waals surface area (Å²) >= 11 is 1.63. The summed E-state index contributed by atoms with van der Waals surface area (Å²) in [5.74, 6) is 1.07. The van der Waals surface area contributed by atoms with Gasteiger partial charge in [-0.1, -0.05) is 52.7 Å². The highest BCUT2D eigenvalue weighted by molar-refractivity contribution is 7.99. The maximum Gasteiger partial charge on any atom is 0.327 e. The number of aromatic nitrogens is 1. The van der Waals surface area contributed by atoms with Crippen LogP contribution in [0.4, 0.5) is 5.82 Å². The van der Waals surface area contributed by atoms with Gasteiger partial charge in [0, 0.05) is 17.2 Å². The summed E-state index contributed by atoms with van der Waals surface area (Å²) < 4.78 is 0. The molecule has 34 heavy (non-hydrogen) atoms. The van der Waals surface area contributed by atoms with Gasteiger partial charge in [-0.05, 0) is 92.2 Å². The van der Waals surface area contributed by atoms with Crippen LogP contribution in [-0.2, 0) is 4.79 Å². The quantitative estimate of drug-likeness (QED) is 0.183. The zero-order valence-electron chi connectivity index (χ0n) is 22.0. The van der Waals surface area contributed by atoms with Crippen molar-refractivity contribution in [1.82, 2.24) is 4.98 Å². The van der Waals surface area contributed by atoms with Gasteiger partial charge in [-0.15, -0.1) is 0 Å². The number of hydrogen-bond donors (Lipinski definition) is 2. The molecule has 1 unspecified atom stereocenters. The highest BCUT2D eigenvalue weighted by atomic mass is 32.2. The molecule has 188 valence electrons. The Labute approximate surface area is 211 Å². The lowest BCUT2D eigenvalue weighted by Gasteiger charge is -2.14. The van der Waals surface area contributed by atoms with Gasteiger partial charge in [0.2, 0.25) is 0 Å². The van der Waals surface area contributed by atoms with Gasteiger partial charge in [0.1, 0.15) is 11.9 Å². The van der Waals surface area contributed by atoms with Gasteiger partial charge in [0.15, 0.2) is 0 Å². The Hall–Kier alpha value is -2.27. The number of anilines is 1. The number of allylic oxidation sites excluding steroid dienone is 7. The molecule has 1 heterocycles. The van der Waals surface area contributed by atoms with Gasteiger partial charge in [0.05, 0.1) is 0 Å². The van der Waals surface area contributed by atoms with Crippen LogP contribution in [0.25, 0.3) is 0 Å². The molecule has 2 N–H and O–H groups in total. The van der Waals surface area contributed by atoms with Crippen LogP contribution in [0.2, 0.25) is 0 Å². The van der Waals surface area contributed by atoms with E-state index in [0.29, 0.717) is 11.6 Å². The number of carboxylic acids is 1. The number of nitrogens with zero attached hydrogens (tertiary/aromatic N) is 1. The molecular weight excluding hydrogens is 440 g/mol. The average Bonchev–Trinajstić information content (AvgIpc) is 2.75. The van der Waals surface area contributed by atoms with Crippen molar-refractivity contribution in [2.24, 2.45) is 0 Å². The van der Waals surface area contributed by atoms with Crippen molar-refractivity contribution in [1.29, 1.82) is 0 Å². The lowest BCUT2D eigenvalue weighted by atomic mass is 10.0. The van der Waals surface area contributed by atoms with Gasteiger partial charge in [-0.2, -0.15) is 11.8 Å². The molecule has 5 heteroatoms. The van der Waals surface area contributed by atoms with Gasteiger partial charge in [-0.3, -0.25) is 0 Å². The zero-order valence-corrected chi connectivity index (χ0v) is 22.8. The van der Waals surface area contributed by atoms with E-state index in [-0.39, 0.29) is 0 Å². The number of pyridine rings is 1. The minimum absolute atomic E-state index is 0.495. The molecule has 1 aromatic heterocycles. The fraction of sp³-hybridized carbons (Fsp3) is 0.517. The van der Waals surface area contributed by atoms with Crippen molar-refractivity contribution >= 4 is 23.5 Å². The zero-order chi connectivity index (χ0) is 25.3. The van der Waals surface area contributed by atoms with Crippen LogP contribution in [0, 0.1) is 6.92 Å². The fourth-order valence-corrected chi connectivity index (χ4v) is 4.35. The molecular formula is C29H44N2O2S. The van der Waals surface area contributed by atoms with Crippen LogP contribution >= 0.6 is 11.8 Å². The molecule has 0 spiro atoms. The Morgan fingerprint density at radius 2 is 1.50 bits per heavy atom. The second-order valence-electron chi connectivity index (χ2n) is 9.29. The van der Waals surface area contributed by atoms with Gasteiger partial charge in [0.25, 0.3) is 0 Å². The molecule has 1 atom stereocenters. The second-order valence-corrected chi connectivity index (χ2v) is 10.4. The van der Waals surface area contributed by atoms with Gasteiger partial charge >= 0.3 is 5.97 Å². The molecule has 0 aliphatic rings. The molecule has 4 nitrogen and oxygen atoms in total. The molecule has 0 aliphatic carbocycles. The Balaban J connectivity index is 2.31. The first-order valence-electron chi connectivity index (χ1n) is 12.3. The number of rotatable bonds is 16. The minimum atomic E-state index is -0.852. The predicted octanol–water partition coefficient (Wildman–Crippen LogP) is 8.13. The number of aliphatic carboxylic acids is 1. The summed E-state index contributed by atoms with van der Waals surface area (Å²) in [5.41, 5.74) is 6.55. The van der Waals surface area contributed by atoms with E-state index in [4.69, 9.17) is 0 Å². The molecule has 0 fully saturated rings. The first kappa shape index (κ1) is 29.8. The third kappa shape index (κ3) is 14.8. The summed E-state index contributed by atoms with van der Waals surface area (Å²) in [5, 5.41) is 12.5. The van der Waals surface area contributed by atoms with Gasteiger partial charge in [-0.25, -0.2) is 9.78 Å². The maximum atomic E-state index is 11.6. The number of thioether (sulfide) groups is 1. The lowest BCUT2D eigenvalue weighted by Crippen LogP contribution is -2.32. The van der Waals surface area contributed by atoms with E-state index in [1.54, 1.807) is 17.8 Å². The third-order valence-corrected chi connectivity index (χ3v) is 6.47. The van der Waals surface area contributed by atoms with E-state index in [1.165, 1.54) is 22.3 Å². The summed E-state index contributed by atoms with van der Waals surface area (Å²) in [6.07, 6.45) is 15.9. The maximum absolute atomic E-state index is 11.6. The summed E-state index contributed by atoms with van der Waals surface area (Å²) in [7, 11) is 0. The number of aryl methyl sites for hydroxylation is 1. The smallest absolute Gasteiger partial charge is 0.327 e. The SMILES string of the molecule is CC(C)=CCC/C(C)=C/CC/C(C)=C/CC/C(C)=C/CSCC(Nc1cccc(C)n1)C(=O)O. The topological polar surface area (TPSA) is 62.2 Å². The first-order valence-corrected chi connectivity index (χ1v) is 13.4. The number of nitrogens with one attached hydrogen (secondary N) is 1. The molecule has 0 saturated heterocycles. The number of hydrogen-bond acceptors (Lipinski definition) is 4. The van der Waals surface area contributed by atoms with E-state index < -0.39 is 12.0 Å². The largest absolute Gasteiger partial charge is 0.480 e. The Bertz CT molecular complexity index is 880. The number of carbonyl (C=O) groups is 1. The van der Waals surface area contributed by atoms with Gasteiger partial charge < -0.3 is 10.4 Å². The van der Waals surface area contributed by atoms with Crippen LogP contribution in [0.5, 0.6) is 0 Å². The van der Waals surface area contributed by atoms with Crippen LogP contribution in [-0.4, -0.2) is 33.6 Å². The molecule has 0 aromatic carbocycles. The molecule has 0 aliphatic heterocycles. The minimum Gasteiger partial charge on any atom is -0.480 e. The predicted molar refractivity (Wildman–Crippen MR) is 150 cm³/mol. The fourth-order valence-electron chi connectivity index (χ4n) is 3.35. The lowest BCUT2D eigenvalue weighted by molar-refractivity contribution is -0.137. The van der Waals surface area contributed by atoms with Crippen molar-refractivity contribution in [3.63, 3.8) is 0 Å². The normalized spacial score (nSPS) is 13.5. The highest BCUT2D eigenvalue weighted by Gasteiger charge is 2.17. The third-order valence-electron chi connectivity index (χ3n) is 5.50. The van der Waals surface area contributed by atoms with E-state index in [2.05, 4.69) is 69.2 Å². The van der Waals surface area contributed by atoms with E-state index in [0.717, 1.165) is 50.0 Å². The van der Waals surface area contributed by atoms with Crippen molar-refractivity contribution in [2.45, 2.75) is 86.1 Å². The van der Waals surface area contributed by atoms with Crippen molar-refractivity contribution in [3.05, 3.63) is 70.5 Å². The molecule has 1 rings (SSSR count). The summed E-state index contributed by atoms with van der Waals surface area (Å²) in [6, 6.07) is 4.93. The molecule has 0 saturated carbocycles. The molecule has 0 amide bonds. The Kier molecular flexibility index (Phi) is 15.1.